The van der Waals surface area contributed by atoms with E-state index >= 15 is 0 Å². The van der Waals surface area contributed by atoms with E-state index in [9.17, 15) is 18.0 Å². The molecule has 0 saturated carbocycles. The number of halogens is 3. The Hall–Kier alpha value is -1.36. The highest BCUT2D eigenvalue weighted by atomic mass is 19.4. The number of carbonyl (C=O) groups excluding carboxylic acids is 1. The molecular weight excluding hydrogens is 219 g/mol. The molecule has 0 heterocycles. The zero-order valence-electron chi connectivity index (χ0n) is 8.93. The quantitative estimate of drug-likeness (QED) is 0.810. The van der Waals surface area contributed by atoms with Crippen molar-refractivity contribution in [2.24, 2.45) is 0 Å². The lowest BCUT2D eigenvalue weighted by Crippen LogP contribution is -2.30. The van der Waals surface area contributed by atoms with Crippen molar-refractivity contribution < 1.29 is 18.0 Å². The lowest BCUT2D eigenvalue weighted by atomic mass is 10.0. The average molecular weight is 231 g/mol. The maximum absolute atomic E-state index is 12.4. The smallest absolute Gasteiger partial charge is 0.310 e. The van der Waals surface area contributed by atoms with Crippen LogP contribution in [0.4, 0.5) is 13.2 Å². The summed E-state index contributed by atoms with van der Waals surface area (Å²) in [6.45, 7) is 1.60. The number of carbonyl (C=O) groups is 1. The number of Topliss-reactive ketones (excluding diaryl/α,β-unsaturated/α-hetero) is 1. The molecule has 0 fully saturated rings. The molecule has 0 aliphatic rings. The first-order chi connectivity index (χ1) is 7.36. The van der Waals surface area contributed by atoms with Crippen molar-refractivity contribution in [3.8, 4) is 0 Å². The van der Waals surface area contributed by atoms with Gasteiger partial charge in [-0.15, -0.1) is 0 Å². The van der Waals surface area contributed by atoms with Crippen molar-refractivity contribution in [3.05, 3.63) is 35.4 Å². The Bertz CT molecular complexity index is 387. The number of benzene rings is 1. The molecule has 1 N–H and O–H groups in total. The maximum Gasteiger partial charge on any atom is 0.416 e. The van der Waals surface area contributed by atoms with Gasteiger partial charge in [0.05, 0.1) is 11.6 Å². The maximum atomic E-state index is 12.4. The van der Waals surface area contributed by atoms with Gasteiger partial charge in [0, 0.05) is 5.56 Å². The van der Waals surface area contributed by atoms with Crippen molar-refractivity contribution in [3.63, 3.8) is 0 Å². The Morgan fingerprint density at radius 1 is 1.38 bits per heavy atom. The van der Waals surface area contributed by atoms with Gasteiger partial charge in [0.2, 0.25) is 0 Å². The first-order valence-electron chi connectivity index (χ1n) is 4.75. The molecule has 0 aromatic heterocycles. The number of hydrogen-bond acceptors (Lipinski definition) is 2. The summed E-state index contributed by atoms with van der Waals surface area (Å²) in [6, 6.07) is 3.93. The number of likely N-dealkylation sites (N-methyl/N-ethyl adjacent to an activating group) is 1. The van der Waals surface area contributed by atoms with Crippen LogP contribution in [-0.4, -0.2) is 18.9 Å². The summed E-state index contributed by atoms with van der Waals surface area (Å²) in [7, 11) is 1.58. The second kappa shape index (κ2) is 4.65. The van der Waals surface area contributed by atoms with Gasteiger partial charge in [0.1, 0.15) is 0 Å². The highest BCUT2D eigenvalue weighted by molar-refractivity contribution is 5.99. The normalized spacial score (nSPS) is 13.6. The van der Waals surface area contributed by atoms with Gasteiger partial charge in [-0.05, 0) is 26.1 Å². The Labute approximate surface area is 91.5 Å². The summed E-state index contributed by atoms with van der Waals surface area (Å²) in [5.41, 5.74) is -0.738. The van der Waals surface area contributed by atoms with Crippen LogP contribution in [0.25, 0.3) is 0 Å². The number of nitrogens with one attached hydrogen (secondary N) is 1. The van der Waals surface area contributed by atoms with Gasteiger partial charge in [0.15, 0.2) is 5.78 Å². The van der Waals surface area contributed by atoms with Crippen molar-refractivity contribution >= 4 is 5.78 Å². The van der Waals surface area contributed by atoms with Gasteiger partial charge in [-0.3, -0.25) is 4.79 Å². The number of ketones is 1. The molecule has 0 spiro atoms. The van der Waals surface area contributed by atoms with E-state index in [1.54, 1.807) is 14.0 Å². The molecule has 0 saturated heterocycles. The van der Waals surface area contributed by atoms with Crippen LogP contribution in [0.2, 0.25) is 0 Å². The van der Waals surface area contributed by atoms with Gasteiger partial charge < -0.3 is 5.32 Å². The Balaban J connectivity index is 3.04. The van der Waals surface area contributed by atoms with Crippen LogP contribution in [0.1, 0.15) is 22.8 Å². The molecule has 1 rings (SSSR count). The molecule has 1 unspecified atom stereocenters. The standard InChI is InChI=1S/C11H12F3NO/c1-7(15-2)10(16)8-4-3-5-9(6-8)11(12,13)14/h3-7,15H,1-2H3. The minimum absolute atomic E-state index is 0.0664. The fourth-order valence-electron chi connectivity index (χ4n) is 1.23. The average Bonchev–Trinajstić information content (AvgIpc) is 2.26. The Kier molecular flexibility index (Phi) is 3.70. The SMILES string of the molecule is CNC(C)C(=O)c1cccc(C(F)(F)F)c1. The molecule has 0 radical (unpaired) electrons. The lowest BCUT2D eigenvalue weighted by molar-refractivity contribution is -0.137. The van der Waals surface area contributed by atoms with Gasteiger partial charge >= 0.3 is 6.18 Å². The molecule has 16 heavy (non-hydrogen) atoms. The minimum atomic E-state index is -4.42. The summed E-state index contributed by atoms with van der Waals surface area (Å²) in [4.78, 5) is 11.6. The number of rotatable bonds is 3. The third-order valence-electron chi connectivity index (χ3n) is 2.30. The fraction of sp³-hybridized carbons (Fsp3) is 0.364. The zero-order chi connectivity index (χ0) is 12.3. The van der Waals surface area contributed by atoms with Crippen molar-refractivity contribution in [1.82, 2.24) is 5.32 Å². The van der Waals surface area contributed by atoms with Crippen molar-refractivity contribution in [1.29, 1.82) is 0 Å². The number of hydrogen-bond donors (Lipinski definition) is 1. The predicted molar refractivity (Wildman–Crippen MR) is 54.3 cm³/mol. The van der Waals surface area contributed by atoms with E-state index < -0.39 is 17.8 Å². The van der Waals surface area contributed by atoms with Crippen LogP contribution < -0.4 is 5.32 Å². The molecule has 0 aliphatic carbocycles. The zero-order valence-corrected chi connectivity index (χ0v) is 8.93. The van der Waals surface area contributed by atoms with E-state index in [2.05, 4.69) is 5.32 Å². The summed E-state index contributed by atoms with van der Waals surface area (Å²) < 4.78 is 37.2. The minimum Gasteiger partial charge on any atom is -0.310 e. The van der Waals surface area contributed by atoms with Gasteiger partial charge in [-0.2, -0.15) is 13.2 Å². The molecule has 0 bridgehead atoms. The van der Waals surface area contributed by atoms with Gasteiger partial charge in [0.25, 0.3) is 0 Å². The third kappa shape index (κ3) is 2.82. The molecular formula is C11H12F3NO. The highest BCUT2D eigenvalue weighted by Gasteiger charge is 2.31. The second-order valence-corrected chi connectivity index (χ2v) is 3.45. The molecule has 88 valence electrons. The summed E-state index contributed by atoms with van der Waals surface area (Å²) >= 11 is 0. The largest absolute Gasteiger partial charge is 0.416 e. The molecule has 2 nitrogen and oxygen atoms in total. The van der Waals surface area contributed by atoms with E-state index in [1.807, 2.05) is 0 Å². The van der Waals surface area contributed by atoms with E-state index in [4.69, 9.17) is 0 Å². The van der Waals surface area contributed by atoms with Gasteiger partial charge in [-0.25, -0.2) is 0 Å². The molecule has 0 aliphatic heterocycles. The van der Waals surface area contributed by atoms with E-state index in [-0.39, 0.29) is 11.3 Å². The van der Waals surface area contributed by atoms with Crippen molar-refractivity contribution in [2.45, 2.75) is 19.1 Å². The molecule has 1 atom stereocenters. The summed E-state index contributed by atoms with van der Waals surface area (Å²) in [6.07, 6.45) is -4.42. The van der Waals surface area contributed by atoms with Crippen LogP contribution >= 0.6 is 0 Å². The third-order valence-corrected chi connectivity index (χ3v) is 2.30. The van der Waals surface area contributed by atoms with Crippen LogP contribution in [-0.2, 0) is 6.18 Å². The first kappa shape index (κ1) is 12.7. The van der Waals surface area contributed by atoms with E-state index in [0.29, 0.717) is 0 Å². The molecule has 1 aromatic carbocycles. The second-order valence-electron chi connectivity index (χ2n) is 3.45. The number of alkyl halides is 3. The van der Waals surface area contributed by atoms with Crippen LogP contribution in [0.5, 0.6) is 0 Å². The van der Waals surface area contributed by atoms with Gasteiger partial charge in [-0.1, -0.05) is 12.1 Å². The highest BCUT2D eigenvalue weighted by Crippen LogP contribution is 2.29. The van der Waals surface area contributed by atoms with Crippen molar-refractivity contribution in [2.75, 3.05) is 7.05 Å². The van der Waals surface area contributed by atoms with E-state index in [0.717, 1.165) is 12.1 Å². The molecule has 5 heteroatoms. The topological polar surface area (TPSA) is 29.1 Å². The van der Waals surface area contributed by atoms with Crippen LogP contribution in [0, 0.1) is 0 Å². The monoisotopic (exact) mass is 231 g/mol. The summed E-state index contributed by atoms with van der Waals surface area (Å²) in [5, 5.41) is 2.69. The fourth-order valence-corrected chi connectivity index (χ4v) is 1.23. The molecule has 1 aromatic rings. The van der Waals surface area contributed by atoms with E-state index in [1.165, 1.54) is 12.1 Å². The summed E-state index contributed by atoms with van der Waals surface area (Å²) in [5.74, 6) is -0.353. The van der Waals surface area contributed by atoms with Crippen LogP contribution in [0.15, 0.2) is 24.3 Å². The first-order valence-corrected chi connectivity index (χ1v) is 4.75. The Morgan fingerprint density at radius 2 is 2.00 bits per heavy atom. The van der Waals surface area contributed by atoms with Crippen LogP contribution in [0.3, 0.4) is 0 Å². The lowest BCUT2D eigenvalue weighted by Gasteiger charge is -2.11. The predicted octanol–water partition coefficient (Wildman–Crippen LogP) is 2.50. The molecule has 0 amide bonds. The Morgan fingerprint density at radius 3 is 2.50 bits per heavy atom.